The molecule has 2 bridgehead atoms. The van der Waals surface area contributed by atoms with Gasteiger partial charge >= 0.3 is 0 Å². The molecule has 1 aromatic rings. The summed E-state index contributed by atoms with van der Waals surface area (Å²) in [5, 5.41) is 2.09. The van der Waals surface area contributed by atoms with E-state index in [1.54, 1.807) is 11.3 Å². The van der Waals surface area contributed by atoms with E-state index in [2.05, 4.69) is 24.4 Å². The number of hydrogen-bond acceptors (Lipinski definition) is 2. The van der Waals surface area contributed by atoms with Crippen LogP contribution in [0.4, 0.5) is 0 Å². The van der Waals surface area contributed by atoms with Gasteiger partial charge in [-0.3, -0.25) is 4.79 Å². The normalized spacial score (nSPS) is 28.8. The molecule has 3 atom stereocenters. The zero-order valence-corrected chi connectivity index (χ0v) is 12.5. The van der Waals surface area contributed by atoms with Gasteiger partial charge in [0.25, 0.3) is 0 Å². The highest BCUT2D eigenvalue weighted by atomic mass is 32.1. The number of nitrogens with zero attached hydrogens (tertiary/aromatic N) is 1. The largest absolute Gasteiger partial charge is 0.338 e. The lowest BCUT2D eigenvalue weighted by Crippen LogP contribution is -2.32. The maximum Gasteiger partial charge on any atom is 0.223 e. The molecule has 19 heavy (non-hydrogen) atoms. The van der Waals surface area contributed by atoms with Crippen molar-refractivity contribution < 1.29 is 4.79 Å². The number of hydrogen-bond donors (Lipinski definition) is 0. The molecular formula is C16H23NOS. The van der Waals surface area contributed by atoms with E-state index in [9.17, 15) is 4.79 Å². The van der Waals surface area contributed by atoms with Crippen LogP contribution in [0.1, 0.15) is 43.9 Å². The average Bonchev–Trinajstić information content (AvgIpc) is 3.13. The van der Waals surface area contributed by atoms with E-state index in [-0.39, 0.29) is 0 Å². The van der Waals surface area contributed by atoms with Crippen molar-refractivity contribution in [3.05, 3.63) is 22.4 Å². The fraction of sp³-hybridized carbons (Fsp3) is 0.688. The summed E-state index contributed by atoms with van der Waals surface area (Å²) in [6, 6.07) is 4.19. The third-order valence-corrected chi connectivity index (χ3v) is 5.84. The Morgan fingerprint density at radius 1 is 1.42 bits per heavy atom. The second-order valence-corrected chi connectivity index (χ2v) is 7.16. The number of amides is 1. The van der Waals surface area contributed by atoms with Crippen LogP contribution in [-0.2, 0) is 11.3 Å². The highest BCUT2D eigenvalue weighted by molar-refractivity contribution is 7.09. The predicted octanol–water partition coefficient (Wildman–Crippen LogP) is 3.92. The van der Waals surface area contributed by atoms with Crippen molar-refractivity contribution in [2.75, 3.05) is 6.54 Å². The van der Waals surface area contributed by atoms with Gasteiger partial charge in [-0.15, -0.1) is 11.3 Å². The molecule has 2 aliphatic carbocycles. The monoisotopic (exact) mass is 277 g/mol. The summed E-state index contributed by atoms with van der Waals surface area (Å²) in [7, 11) is 0. The van der Waals surface area contributed by atoms with Crippen LogP contribution in [0, 0.1) is 17.8 Å². The third kappa shape index (κ3) is 2.86. The van der Waals surface area contributed by atoms with Gasteiger partial charge in [0.15, 0.2) is 0 Å². The molecule has 0 spiro atoms. The van der Waals surface area contributed by atoms with Gasteiger partial charge in [-0.1, -0.05) is 12.5 Å². The zero-order chi connectivity index (χ0) is 13.2. The van der Waals surface area contributed by atoms with Gasteiger partial charge in [0.2, 0.25) is 5.91 Å². The van der Waals surface area contributed by atoms with Crippen LogP contribution in [0.3, 0.4) is 0 Å². The maximum atomic E-state index is 12.5. The Kier molecular flexibility index (Phi) is 3.92. The van der Waals surface area contributed by atoms with Crippen LogP contribution in [0.5, 0.6) is 0 Å². The molecule has 2 nitrogen and oxygen atoms in total. The van der Waals surface area contributed by atoms with Crippen LogP contribution >= 0.6 is 11.3 Å². The van der Waals surface area contributed by atoms with E-state index in [1.165, 1.54) is 30.6 Å². The lowest BCUT2D eigenvalue weighted by atomic mass is 9.86. The third-order valence-electron chi connectivity index (χ3n) is 4.98. The summed E-state index contributed by atoms with van der Waals surface area (Å²) in [5.41, 5.74) is 0. The smallest absolute Gasteiger partial charge is 0.223 e. The molecule has 0 aromatic carbocycles. The molecule has 1 aromatic heterocycles. The molecule has 2 fully saturated rings. The molecule has 1 heterocycles. The molecule has 0 radical (unpaired) electrons. The van der Waals surface area contributed by atoms with Crippen LogP contribution in [0.15, 0.2) is 17.5 Å². The van der Waals surface area contributed by atoms with Crippen LogP contribution in [0.25, 0.3) is 0 Å². The van der Waals surface area contributed by atoms with Crippen molar-refractivity contribution in [3.63, 3.8) is 0 Å². The minimum atomic E-state index is 0.369. The summed E-state index contributed by atoms with van der Waals surface area (Å²) in [5.74, 6) is 2.85. The van der Waals surface area contributed by atoms with E-state index in [1.807, 2.05) is 4.90 Å². The molecule has 2 saturated carbocycles. The van der Waals surface area contributed by atoms with Gasteiger partial charge in [0.05, 0.1) is 6.54 Å². The number of carbonyl (C=O) groups is 1. The fourth-order valence-electron chi connectivity index (χ4n) is 3.95. The quantitative estimate of drug-likeness (QED) is 0.798. The average molecular weight is 277 g/mol. The highest BCUT2D eigenvalue weighted by Gasteiger charge is 2.40. The Labute approximate surface area is 119 Å². The fourth-order valence-corrected chi connectivity index (χ4v) is 4.67. The first-order valence-electron chi connectivity index (χ1n) is 7.56. The first kappa shape index (κ1) is 13.2. The Balaban J connectivity index is 1.56. The van der Waals surface area contributed by atoms with Gasteiger partial charge in [-0.05, 0) is 55.4 Å². The summed E-state index contributed by atoms with van der Waals surface area (Å²) in [6.45, 7) is 3.72. The van der Waals surface area contributed by atoms with Crippen LogP contribution in [0.2, 0.25) is 0 Å². The van der Waals surface area contributed by atoms with E-state index >= 15 is 0 Å². The topological polar surface area (TPSA) is 20.3 Å². The predicted molar refractivity (Wildman–Crippen MR) is 79.0 cm³/mol. The molecule has 1 amide bonds. The minimum absolute atomic E-state index is 0.369. The highest BCUT2D eigenvalue weighted by Crippen LogP contribution is 2.49. The summed E-state index contributed by atoms with van der Waals surface area (Å²) < 4.78 is 0. The maximum absolute atomic E-state index is 12.5. The Bertz CT molecular complexity index is 428. The first-order valence-corrected chi connectivity index (χ1v) is 8.44. The lowest BCUT2D eigenvalue weighted by Gasteiger charge is -2.26. The number of rotatable bonds is 5. The van der Waals surface area contributed by atoms with Crippen molar-refractivity contribution in [1.82, 2.24) is 4.90 Å². The van der Waals surface area contributed by atoms with Crippen LogP contribution < -0.4 is 0 Å². The minimum Gasteiger partial charge on any atom is -0.338 e. The van der Waals surface area contributed by atoms with Crippen molar-refractivity contribution in [3.8, 4) is 0 Å². The van der Waals surface area contributed by atoms with Crippen molar-refractivity contribution >= 4 is 17.2 Å². The summed E-state index contributed by atoms with van der Waals surface area (Å²) in [6.07, 6.45) is 6.30. The molecule has 0 N–H and O–H groups in total. The van der Waals surface area contributed by atoms with Gasteiger partial charge in [0, 0.05) is 17.8 Å². The molecule has 104 valence electrons. The lowest BCUT2D eigenvalue weighted by molar-refractivity contribution is -0.133. The summed E-state index contributed by atoms with van der Waals surface area (Å²) in [4.78, 5) is 15.8. The SMILES string of the molecule is CCN(Cc1cccs1)C(=O)C[C@H]1C[C@H]2CC[C@H]1C2. The molecule has 3 heteroatoms. The molecule has 3 rings (SSSR count). The second kappa shape index (κ2) is 5.66. The first-order chi connectivity index (χ1) is 9.26. The van der Waals surface area contributed by atoms with E-state index in [0.717, 1.165) is 31.3 Å². The number of fused-ring (bicyclic) bond motifs is 2. The van der Waals surface area contributed by atoms with Crippen molar-refractivity contribution in [1.29, 1.82) is 0 Å². The molecule has 2 aliphatic rings. The zero-order valence-electron chi connectivity index (χ0n) is 11.7. The Morgan fingerprint density at radius 2 is 2.32 bits per heavy atom. The van der Waals surface area contributed by atoms with Gasteiger partial charge < -0.3 is 4.90 Å². The van der Waals surface area contributed by atoms with Gasteiger partial charge in [0.1, 0.15) is 0 Å². The molecule has 0 unspecified atom stereocenters. The van der Waals surface area contributed by atoms with Crippen LogP contribution in [-0.4, -0.2) is 17.4 Å². The van der Waals surface area contributed by atoms with E-state index in [0.29, 0.717) is 11.8 Å². The van der Waals surface area contributed by atoms with Crippen molar-refractivity contribution in [2.24, 2.45) is 17.8 Å². The standard InChI is InChI=1S/C16H23NOS/c1-2-17(11-15-4-3-7-19-15)16(18)10-14-9-12-5-6-13(14)8-12/h3-4,7,12-14H,2,5-6,8-11H2,1H3/t12-,13-,14+/m0/s1. The molecular weight excluding hydrogens is 254 g/mol. The number of carbonyl (C=O) groups excluding carboxylic acids is 1. The Morgan fingerprint density at radius 3 is 2.89 bits per heavy atom. The van der Waals surface area contributed by atoms with E-state index in [4.69, 9.17) is 0 Å². The number of thiophene rings is 1. The molecule has 0 aliphatic heterocycles. The second-order valence-electron chi connectivity index (χ2n) is 6.13. The molecule has 0 saturated heterocycles. The summed E-state index contributed by atoms with van der Waals surface area (Å²) >= 11 is 1.74. The van der Waals surface area contributed by atoms with Gasteiger partial charge in [-0.2, -0.15) is 0 Å². The van der Waals surface area contributed by atoms with Gasteiger partial charge in [-0.25, -0.2) is 0 Å². The van der Waals surface area contributed by atoms with E-state index < -0.39 is 0 Å². The Hall–Kier alpha value is -0.830. The van der Waals surface area contributed by atoms with Crippen molar-refractivity contribution in [2.45, 2.75) is 45.6 Å².